The van der Waals surface area contributed by atoms with Crippen molar-refractivity contribution >= 4 is 16.9 Å². The predicted molar refractivity (Wildman–Crippen MR) is 130 cm³/mol. The first-order valence-electron chi connectivity index (χ1n) is 11.0. The molecule has 0 unspecified atom stereocenters. The van der Waals surface area contributed by atoms with Crippen molar-refractivity contribution in [1.82, 2.24) is 14.5 Å². The fourth-order valence-electron chi connectivity index (χ4n) is 3.87. The van der Waals surface area contributed by atoms with Gasteiger partial charge in [-0.1, -0.05) is 42.5 Å². The van der Waals surface area contributed by atoms with E-state index in [-0.39, 0.29) is 0 Å². The second-order valence-electron chi connectivity index (χ2n) is 7.81. The van der Waals surface area contributed by atoms with Crippen LogP contribution in [0.25, 0.3) is 22.2 Å². The third-order valence-electron chi connectivity index (χ3n) is 5.52. The Hall–Kier alpha value is -4.39. The zero-order valence-electron chi connectivity index (χ0n) is 18.6. The lowest BCUT2D eigenvalue weighted by molar-refractivity contribution is 0.303. The molecule has 3 aromatic carbocycles. The molecular formula is C27H23FN4O2. The van der Waals surface area contributed by atoms with Gasteiger partial charge in [0.05, 0.1) is 5.39 Å². The standard InChI is InChI=1S/C27H23FN4O2/c1-2-32-15-24(25-26(29)30-17-31-27(25)32)19-8-10-21(11-9-19)34-23-13-20(28)12-22(14-23)33-16-18-6-4-3-5-7-18/h3-15,17H,2,16H2,1H3,(H2,29,30,31). The fourth-order valence-corrected chi connectivity index (χ4v) is 3.87. The number of anilines is 1. The van der Waals surface area contributed by atoms with Crippen LogP contribution in [0.4, 0.5) is 10.2 Å². The van der Waals surface area contributed by atoms with Gasteiger partial charge in [0.25, 0.3) is 0 Å². The Morgan fingerprint density at radius 1 is 0.912 bits per heavy atom. The van der Waals surface area contributed by atoms with Crippen LogP contribution in [0.3, 0.4) is 0 Å². The zero-order valence-corrected chi connectivity index (χ0v) is 18.6. The van der Waals surface area contributed by atoms with Crippen molar-refractivity contribution in [2.75, 3.05) is 5.73 Å². The largest absolute Gasteiger partial charge is 0.489 e. The maximum absolute atomic E-state index is 14.2. The zero-order chi connectivity index (χ0) is 23.5. The van der Waals surface area contributed by atoms with Gasteiger partial charge >= 0.3 is 0 Å². The van der Waals surface area contributed by atoms with Gasteiger partial charge in [-0.3, -0.25) is 0 Å². The molecule has 6 nitrogen and oxygen atoms in total. The molecule has 0 bridgehead atoms. The van der Waals surface area contributed by atoms with E-state index < -0.39 is 5.82 Å². The SMILES string of the molecule is CCn1cc(-c2ccc(Oc3cc(F)cc(OCc4ccccc4)c3)cc2)c2c(N)ncnc21. The van der Waals surface area contributed by atoms with Crippen LogP contribution in [0.1, 0.15) is 12.5 Å². The van der Waals surface area contributed by atoms with E-state index in [0.29, 0.717) is 29.7 Å². The van der Waals surface area contributed by atoms with E-state index >= 15 is 0 Å². The van der Waals surface area contributed by atoms with Crippen molar-refractivity contribution in [3.63, 3.8) is 0 Å². The van der Waals surface area contributed by atoms with Gasteiger partial charge in [-0.2, -0.15) is 0 Å². The number of benzene rings is 3. The number of halogens is 1. The van der Waals surface area contributed by atoms with E-state index in [2.05, 4.69) is 16.9 Å². The molecule has 0 fully saturated rings. The van der Waals surface area contributed by atoms with Crippen LogP contribution < -0.4 is 15.2 Å². The topological polar surface area (TPSA) is 75.2 Å². The molecule has 0 spiro atoms. The van der Waals surface area contributed by atoms with Crippen LogP contribution in [0, 0.1) is 5.82 Å². The van der Waals surface area contributed by atoms with Gasteiger partial charge in [-0.05, 0) is 30.2 Å². The summed E-state index contributed by atoms with van der Waals surface area (Å²) in [5.74, 6) is 1.34. The highest BCUT2D eigenvalue weighted by molar-refractivity contribution is 6.00. The highest BCUT2D eigenvalue weighted by Crippen LogP contribution is 2.34. The van der Waals surface area contributed by atoms with Crippen LogP contribution in [0.2, 0.25) is 0 Å². The Morgan fingerprint density at radius 3 is 2.44 bits per heavy atom. The van der Waals surface area contributed by atoms with Gasteiger partial charge in [0.15, 0.2) is 0 Å². The second kappa shape index (κ2) is 9.23. The molecule has 2 heterocycles. The minimum atomic E-state index is -0.431. The normalized spacial score (nSPS) is 11.0. The predicted octanol–water partition coefficient (Wildman–Crippen LogP) is 6.21. The minimum Gasteiger partial charge on any atom is -0.489 e. The Labute approximate surface area is 196 Å². The van der Waals surface area contributed by atoms with Gasteiger partial charge < -0.3 is 19.8 Å². The first kappa shape index (κ1) is 21.5. The number of aromatic nitrogens is 3. The summed E-state index contributed by atoms with van der Waals surface area (Å²) in [5.41, 5.74) is 9.85. The molecule has 5 rings (SSSR count). The maximum atomic E-state index is 14.2. The second-order valence-corrected chi connectivity index (χ2v) is 7.81. The number of hydrogen-bond donors (Lipinski definition) is 1. The summed E-state index contributed by atoms with van der Waals surface area (Å²) in [6.07, 6.45) is 3.50. The maximum Gasteiger partial charge on any atom is 0.146 e. The van der Waals surface area contributed by atoms with Crippen molar-refractivity contribution in [3.8, 4) is 28.4 Å². The number of nitrogens with two attached hydrogens (primary N) is 1. The third kappa shape index (κ3) is 4.41. The van der Waals surface area contributed by atoms with E-state index in [1.807, 2.05) is 65.4 Å². The van der Waals surface area contributed by atoms with Gasteiger partial charge in [-0.25, -0.2) is 14.4 Å². The monoisotopic (exact) mass is 454 g/mol. The molecule has 170 valence electrons. The van der Waals surface area contributed by atoms with E-state index in [1.165, 1.54) is 18.5 Å². The number of nitrogens with zero attached hydrogens (tertiary/aromatic N) is 3. The quantitative estimate of drug-likeness (QED) is 0.316. The Bertz CT molecular complexity index is 1430. The molecular weight excluding hydrogens is 431 g/mol. The van der Waals surface area contributed by atoms with Crippen LogP contribution in [0.5, 0.6) is 17.2 Å². The van der Waals surface area contributed by atoms with Crippen molar-refractivity contribution in [2.24, 2.45) is 0 Å². The Kier molecular flexibility index (Phi) is 5.82. The number of fused-ring (bicyclic) bond motifs is 1. The molecule has 0 aliphatic heterocycles. The van der Waals surface area contributed by atoms with Crippen LogP contribution >= 0.6 is 0 Å². The molecule has 0 radical (unpaired) electrons. The van der Waals surface area contributed by atoms with Crippen molar-refractivity contribution in [3.05, 3.63) is 96.7 Å². The number of hydrogen-bond acceptors (Lipinski definition) is 5. The summed E-state index contributed by atoms with van der Waals surface area (Å²) in [6.45, 7) is 3.16. The molecule has 7 heteroatoms. The van der Waals surface area contributed by atoms with Crippen LogP contribution in [0.15, 0.2) is 85.3 Å². The minimum absolute atomic E-state index is 0.344. The summed E-state index contributed by atoms with van der Waals surface area (Å²) < 4.78 is 27.9. The summed E-state index contributed by atoms with van der Waals surface area (Å²) in [6, 6.07) is 21.6. The lowest BCUT2D eigenvalue weighted by Gasteiger charge is -2.11. The molecule has 0 aliphatic carbocycles. The first-order valence-corrected chi connectivity index (χ1v) is 11.0. The van der Waals surface area contributed by atoms with E-state index in [4.69, 9.17) is 15.2 Å². The molecule has 34 heavy (non-hydrogen) atoms. The summed E-state index contributed by atoms with van der Waals surface area (Å²) >= 11 is 0. The molecule has 2 aromatic heterocycles. The van der Waals surface area contributed by atoms with E-state index in [1.54, 1.807) is 6.07 Å². The average Bonchev–Trinajstić information content (AvgIpc) is 3.24. The number of rotatable bonds is 7. The number of nitrogen functional groups attached to an aromatic ring is 1. The Morgan fingerprint density at radius 2 is 1.68 bits per heavy atom. The highest BCUT2D eigenvalue weighted by atomic mass is 19.1. The number of aryl methyl sites for hydroxylation is 1. The van der Waals surface area contributed by atoms with Crippen LogP contribution in [-0.2, 0) is 13.2 Å². The van der Waals surface area contributed by atoms with Crippen molar-refractivity contribution in [1.29, 1.82) is 0 Å². The van der Waals surface area contributed by atoms with Gasteiger partial charge in [0.1, 0.15) is 47.5 Å². The van der Waals surface area contributed by atoms with Crippen molar-refractivity contribution < 1.29 is 13.9 Å². The average molecular weight is 455 g/mol. The van der Waals surface area contributed by atoms with Gasteiger partial charge in [0.2, 0.25) is 0 Å². The molecule has 5 aromatic rings. The van der Waals surface area contributed by atoms with Crippen molar-refractivity contribution in [2.45, 2.75) is 20.1 Å². The fraction of sp³-hybridized carbons (Fsp3) is 0.111. The van der Waals surface area contributed by atoms with Gasteiger partial charge in [-0.15, -0.1) is 0 Å². The molecule has 0 aliphatic rings. The number of ether oxygens (including phenoxy) is 2. The molecule has 0 saturated carbocycles. The molecule has 2 N–H and O–H groups in total. The molecule has 0 amide bonds. The molecule has 0 atom stereocenters. The third-order valence-corrected chi connectivity index (χ3v) is 5.52. The molecule has 0 saturated heterocycles. The van der Waals surface area contributed by atoms with Gasteiger partial charge in [0, 0.05) is 36.5 Å². The summed E-state index contributed by atoms with van der Waals surface area (Å²) in [4.78, 5) is 8.53. The van der Waals surface area contributed by atoms with Crippen LogP contribution in [-0.4, -0.2) is 14.5 Å². The summed E-state index contributed by atoms with van der Waals surface area (Å²) in [7, 11) is 0. The van der Waals surface area contributed by atoms with E-state index in [0.717, 1.165) is 34.3 Å². The lowest BCUT2D eigenvalue weighted by atomic mass is 10.1. The first-order chi connectivity index (χ1) is 16.6. The lowest BCUT2D eigenvalue weighted by Crippen LogP contribution is -1.96. The summed E-state index contributed by atoms with van der Waals surface area (Å²) in [5, 5.41) is 0.823. The van der Waals surface area contributed by atoms with E-state index in [9.17, 15) is 4.39 Å². The smallest absolute Gasteiger partial charge is 0.146 e. The highest BCUT2D eigenvalue weighted by Gasteiger charge is 2.14. The Balaban J connectivity index is 1.36.